The van der Waals surface area contributed by atoms with Crippen LogP contribution in [-0.2, 0) is 4.79 Å². The van der Waals surface area contributed by atoms with Crippen molar-refractivity contribution in [1.29, 1.82) is 0 Å². The van der Waals surface area contributed by atoms with E-state index < -0.39 is 0 Å². The second kappa shape index (κ2) is 6.99. The predicted octanol–water partition coefficient (Wildman–Crippen LogP) is 2.38. The molecular weight excluding hydrogens is 292 g/mol. The second-order valence-electron chi connectivity index (χ2n) is 7.26. The summed E-state index contributed by atoms with van der Waals surface area (Å²) in [7, 11) is 2.07. The Morgan fingerprint density at radius 3 is 2.74 bits per heavy atom. The first-order valence-corrected chi connectivity index (χ1v) is 8.88. The molecule has 23 heavy (non-hydrogen) atoms. The number of rotatable bonds is 3. The number of nitrogens with zero attached hydrogens (tertiary/aromatic N) is 4. The molecule has 3 rings (SSSR count). The van der Waals surface area contributed by atoms with E-state index in [0.717, 1.165) is 51.1 Å². The van der Waals surface area contributed by atoms with Crippen LogP contribution in [-0.4, -0.2) is 58.6 Å². The molecule has 1 aromatic heterocycles. The monoisotopic (exact) mass is 320 g/mol. The van der Waals surface area contributed by atoms with E-state index in [2.05, 4.69) is 22.1 Å². The summed E-state index contributed by atoms with van der Waals surface area (Å²) in [6.45, 7) is 6.70. The topological polar surface area (TPSA) is 62.5 Å². The summed E-state index contributed by atoms with van der Waals surface area (Å²) in [5.41, 5.74) is 0. The minimum atomic E-state index is 0.0546. The number of hydrogen-bond acceptors (Lipinski definition) is 5. The number of hydrogen-bond donors (Lipinski definition) is 0. The lowest BCUT2D eigenvalue weighted by Gasteiger charge is -2.38. The maximum absolute atomic E-state index is 12.9. The van der Waals surface area contributed by atoms with Crippen molar-refractivity contribution in [2.24, 2.45) is 0 Å². The standard InChI is InChI=1S/C17H28N4O2/c1-12(2)16-18-15(19-23-16)13-7-6-10-21(11-13)17(22)14-8-4-5-9-20(14)3/h12-14H,4-11H2,1-3H3/t13-,14-/m0/s1. The fourth-order valence-electron chi connectivity index (χ4n) is 3.63. The summed E-state index contributed by atoms with van der Waals surface area (Å²) < 4.78 is 5.34. The Bertz CT molecular complexity index is 542. The largest absolute Gasteiger partial charge is 0.341 e. The van der Waals surface area contributed by atoms with Gasteiger partial charge in [0.15, 0.2) is 5.82 Å². The summed E-state index contributed by atoms with van der Waals surface area (Å²) in [6.07, 6.45) is 5.38. The molecule has 3 heterocycles. The molecule has 6 heteroatoms. The zero-order chi connectivity index (χ0) is 16.4. The van der Waals surface area contributed by atoms with Gasteiger partial charge in [0.1, 0.15) is 0 Å². The molecular formula is C17H28N4O2. The molecule has 1 aromatic rings. The zero-order valence-corrected chi connectivity index (χ0v) is 14.5. The molecule has 0 aromatic carbocycles. The van der Waals surface area contributed by atoms with Gasteiger partial charge < -0.3 is 9.42 Å². The van der Waals surface area contributed by atoms with Gasteiger partial charge in [-0.25, -0.2) is 0 Å². The number of carbonyl (C=O) groups excluding carboxylic acids is 1. The fraction of sp³-hybridized carbons (Fsp3) is 0.824. The van der Waals surface area contributed by atoms with E-state index in [4.69, 9.17) is 4.52 Å². The third kappa shape index (κ3) is 3.57. The molecule has 2 atom stereocenters. The molecule has 2 aliphatic heterocycles. The quantitative estimate of drug-likeness (QED) is 0.855. The Kier molecular flexibility index (Phi) is 4.99. The molecule has 0 saturated carbocycles. The Morgan fingerprint density at radius 2 is 2.04 bits per heavy atom. The third-order valence-corrected chi connectivity index (χ3v) is 5.11. The van der Waals surface area contributed by atoms with Gasteiger partial charge in [-0.15, -0.1) is 0 Å². The van der Waals surface area contributed by atoms with E-state index in [-0.39, 0.29) is 23.8 Å². The number of likely N-dealkylation sites (tertiary alicyclic amines) is 2. The van der Waals surface area contributed by atoms with Crippen molar-refractivity contribution in [1.82, 2.24) is 19.9 Å². The van der Waals surface area contributed by atoms with Gasteiger partial charge >= 0.3 is 0 Å². The lowest BCUT2D eigenvalue weighted by atomic mass is 9.95. The maximum Gasteiger partial charge on any atom is 0.239 e. The molecule has 2 aliphatic rings. The van der Waals surface area contributed by atoms with E-state index in [9.17, 15) is 4.79 Å². The summed E-state index contributed by atoms with van der Waals surface area (Å²) in [5.74, 6) is 2.19. The van der Waals surface area contributed by atoms with Crippen LogP contribution in [0.4, 0.5) is 0 Å². The van der Waals surface area contributed by atoms with E-state index >= 15 is 0 Å². The van der Waals surface area contributed by atoms with Gasteiger partial charge in [0.25, 0.3) is 0 Å². The molecule has 0 aliphatic carbocycles. The van der Waals surface area contributed by atoms with Crippen LogP contribution in [0.2, 0.25) is 0 Å². The third-order valence-electron chi connectivity index (χ3n) is 5.11. The average Bonchev–Trinajstić information content (AvgIpc) is 3.05. The van der Waals surface area contributed by atoms with Crippen molar-refractivity contribution in [2.75, 3.05) is 26.7 Å². The maximum atomic E-state index is 12.9. The molecule has 6 nitrogen and oxygen atoms in total. The van der Waals surface area contributed by atoms with Crippen molar-refractivity contribution in [3.8, 4) is 0 Å². The van der Waals surface area contributed by atoms with Gasteiger partial charge in [0, 0.05) is 24.9 Å². The number of piperidine rings is 2. The van der Waals surface area contributed by atoms with Crippen LogP contribution in [0.1, 0.15) is 69.5 Å². The minimum absolute atomic E-state index is 0.0546. The number of amides is 1. The first-order chi connectivity index (χ1) is 11.1. The van der Waals surface area contributed by atoms with Crippen LogP contribution in [0.15, 0.2) is 4.52 Å². The van der Waals surface area contributed by atoms with Gasteiger partial charge in [0.05, 0.1) is 6.04 Å². The van der Waals surface area contributed by atoms with Gasteiger partial charge in [-0.1, -0.05) is 25.4 Å². The predicted molar refractivity (Wildman–Crippen MR) is 87.2 cm³/mol. The molecule has 0 N–H and O–H groups in total. The fourth-order valence-corrected chi connectivity index (χ4v) is 3.63. The van der Waals surface area contributed by atoms with Crippen molar-refractivity contribution < 1.29 is 9.32 Å². The molecule has 0 radical (unpaired) electrons. The van der Waals surface area contributed by atoms with Gasteiger partial charge in [-0.05, 0) is 39.3 Å². The summed E-state index contributed by atoms with van der Waals surface area (Å²) in [6, 6.07) is 0.0546. The first-order valence-electron chi connectivity index (χ1n) is 8.88. The van der Waals surface area contributed by atoms with Gasteiger partial charge in [-0.3, -0.25) is 9.69 Å². The zero-order valence-electron chi connectivity index (χ0n) is 14.5. The van der Waals surface area contributed by atoms with Crippen LogP contribution in [0, 0.1) is 0 Å². The minimum Gasteiger partial charge on any atom is -0.341 e. The van der Waals surface area contributed by atoms with Crippen LogP contribution in [0.5, 0.6) is 0 Å². The lowest BCUT2D eigenvalue weighted by Crippen LogP contribution is -2.51. The van der Waals surface area contributed by atoms with Crippen LogP contribution < -0.4 is 0 Å². The van der Waals surface area contributed by atoms with Gasteiger partial charge in [-0.2, -0.15) is 4.98 Å². The summed E-state index contributed by atoms with van der Waals surface area (Å²) in [4.78, 5) is 21.6. The SMILES string of the molecule is CC(C)c1nc([C@H]2CCCN(C(=O)[C@@H]3CCCCN3C)C2)no1. The molecule has 2 fully saturated rings. The first kappa shape index (κ1) is 16.4. The molecule has 0 unspecified atom stereocenters. The van der Waals surface area contributed by atoms with E-state index in [0.29, 0.717) is 5.89 Å². The van der Waals surface area contributed by atoms with Crippen molar-refractivity contribution in [2.45, 2.75) is 63.8 Å². The summed E-state index contributed by atoms with van der Waals surface area (Å²) in [5, 5.41) is 4.15. The highest BCUT2D eigenvalue weighted by molar-refractivity contribution is 5.82. The van der Waals surface area contributed by atoms with E-state index in [1.165, 1.54) is 6.42 Å². The normalized spacial score (nSPS) is 26.7. The smallest absolute Gasteiger partial charge is 0.239 e. The van der Waals surface area contributed by atoms with Crippen LogP contribution >= 0.6 is 0 Å². The summed E-state index contributed by atoms with van der Waals surface area (Å²) >= 11 is 0. The van der Waals surface area contributed by atoms with Crippen molar-refractivity contribution in [3.63, 3.8) is 0 Å². The average molecular weight is 320 g/mol. The number of carbonyl (C=O) groups is 1. The lowest BCUT2D eigenvalue weighted by molar-refractivity contribution is -0.138. The van der Waals surface area contributed by atoms with Crippen molar-refractivity contribution in [3.05, 3.63) is 11.7 Å². The van der Waals surface area contributed by atoms with E-state index in [1.54, 1.807) is 0 Å². The van der Waals surface area contributed by atoms with Gasteiger partial charge in [0.2, 0.25) is 11.8 Å². The Hall–Kier alpha value is -1.43. The highest BCUT2D eigenvalue weighted by Gasteiger charge is 2.34. The molecule has 2 saturated heterocycles. The van der Waals surface area contributed by atoms with Crippen LogP contribution in [0.3, 0.4) is 0 Å². The molecule has 0 spiro atoms. The molecule has 128 valence electrons. The number of likely N-dealkylation sites (N-methyl/N-ethyl adjacent to an activating group) is 1. The second-order valence-corrected chi connectivity index (χ2v) is 7.26. The Morgan fingerprint density at radius 1 is 1.22 bits per heavy atom. The molecule has 0 bridgehead atoms. The number of aromatic nitrogens is 2. The highest BCUT2D eigenvalue weighted by atomic mass is 16.5. The van der Waals surface area contributed by atoms with Crippen LogP contribution in [0.25, 0.3) is 0 Å². The van der Waals surface area contributed by atoms with E-state index in [1.807, 2.05) is 18.7 Å². The Labute approximate surface area is 138 Å². The Balaban J connectivity index is 1.66. The highest BCUT2D eigenvalue weighted by Crippen LogP contribution is 2.28. The molecule has 1 amide bonds. The van der Waals surface area contributed by atoms with Crippen molar-refractivity contribution >= 4 is 5.91 Å².